The number of hydrogen-bond acceptors (Lipinski definition) is 2. The summed E-state index contributed by atoms with van der Waals surface area (Å²) < 4.78 is 0. The van der Waals surface area contributed by atoms with Crippen molar-refractivity contribution >= 4 is 0 Å². The minimum Gasteiger partial charge on any atom is -0.396 e. The minimum atomic E-state index is 0.209. The van der Waals surface area contributed by atoms with E-state index in [0.717, 1.165) is 6.42 Å². The van der Waals surface area contributed by atoms with E-state index in [1.807, 2.05) is 0 Å². The molecule has 3 rings (SSSR count). The van der Waals surface area contributed by atoms with Gasteiger partial charge in [-0.2, -0.15) is 0 Å². The van der Waals surface area contributed by atoms with Crippen molar-refractivity contribution in [2.75, 3.05) is 13.2 Å². The quantitative estimate of drug-likeness (QED) is 0.766. The van der Waals surface area contributed by atoms with Crippen LogP contribution >= 0.6 is 0 Å². The number of aliphatic hydroxyl groups excluding tert-OH is 2. The molecule has 1 fully saturated rings. The molecule has 80 valence electrons. The van der Waals surface area contributed by atoms with E-state index in [1.54, 1.807) is 0 Å². The molecule has 0 aromatic heterocycles. The molecule has 2 aliphatic rings. The molecule has 0 amide bonds. The van der Waals surface area contributed by atoms with Crippen molar-refractivity contribution in [2.24, 2.45) is 11.8 Å². The molecule has 0 aliphatic heterocycles. The number of rotatable bonds is 2. The molecule has 2 nitrogen and oxygen atoms in total. The van der Waals surface area contributed by atoms with E-state index in [4.69, 9.17) is 0 Å². The molecule has 15 heavy (non-hydrogen) atoms. The van der Waals surface area contributed by atoms with Gasteiger partial charge in [-0.1, -0.05) is 24.3 Å². The summed E-state index contributed by atoms with van der Waals surface area (Å²) in [6, 6.07) is 8.50. The van der Waals surface area contributed by atoms with Crippen LogP contribution in [-0.4, -0.2) is 23.4 Å². The van der Waals surface area contributed by atoms with Gasteiger partial charge in [0.2, 0.25) is 0 Å². The van der Waals surface area contributed by atoms with Gasteiger partial charge in [-0.15, -0.1) is 0 Å². The van der Waals surface area contributed by atoms with E-state index in [-0.39, 0.29) is 25.0 Å². The molecule has 1 aromatic carbocycles. The molecule has 2 heteroatoms. The van der Waals surface area contributed by atoms with Crippen molar-refractivity contribution in [1.82, 2.24) is 0 Å². The van der Waals surface area contributed by atoms with Gasteiger partial charge in [0.1, 0.15) is 0 Å². The highest BCUT2D eigenvalue weighted by molar-refractivity contribution is 5.43. The molecular weight excluding hydrogens is 188 g/mol. The first kappa shape index (κ1) is 9.37. The first-order chi connectivity index (χ1) is 7.36. The van der Waals surface area contributed by atoms with Gasteiger partial charge in [-0.3, -0.25) is 0 Å². The maximum Gasteiger partial charge on any atom is 0.0468 e. The molecule has 2 aliphatic carbocycles. The normalized spacial score (nSPS) is 36.9. The van der Waals surface area contributed by atoms with E-state index in [0.29, 0.717) is 11.8 Å². The Labute approximate surface area is 89.6 Å². The molecular formula is C13H16O2. The molecule has 2 N–H and O–H groups in total. The van der Waals surface area contributed by atoms with E-state index in [9.17, 15) is 10.2 Å². The monoisotopic (exact) mass is 204 g/mol. The summed E-state index contributed by atoms with van der Waals surface area (Å²) in [7, 11) is 0. The number of hydrogen-bond donors (Lipinski definition) is 2. The smallest absolute Gasteiger partial charge is 0.0468 e. The fraction of sp³-hybridized carbons (Fsp3) is 0.538. The molecule has 1 aromatic rings. The van der Waals surface area contributed by atoms with Crippen LogP contribution in [0.25, 0.3) is 0 Å². The second-order valence-corrected chi connectivity index (χ2v) is 4.77. The van der Waals surface area contributed by atoms with E-state index < -0.39 is 0 Å². The average Bonchev–Trinajstić information content (AvgIpc) is 2.84. The van der Waals surface area contributed by atoms with Crippen LogP contribution < -0.4 is 0 Å². The van der Waals surface area contributed by atoms with Gasteiger partial charge < -0.3 is 10.2 Å². The highest BCUT2D eigenvalue weighted by atomic mass is 16.3. The van der Waals surface area contributed by atoms with Gasteiger partial charge >= 0.3 is 0 Å². The lowest BCUT2D eigenvalue weighted by molar-refractivity contribution is 0.120. The van der Waals surface area contributed by atoms with Crippen molar-refractivity contribution in [3.63, 3.8) is 0 Å². The Balaban J connectivity index is 2.05. The van der Waals surface area contributed by atoms with Crippen molar-refractivity contribution in [3.8, 4) is 0 Å². The van der Waals surface area contributed by atoms with Crippen LogP contribution in [0.15, 0.2) is 24.3 Å². The molecule has 0 saturated heterocycles. The Hall–Kier alpha value is -0.860. The maximum absolute atomic E-state index is 9.40. The van der Waals surface area contributed by atoms with E-state index in [2.05, 4.69) is 24.3 Å². The summed E-state index contributed by atoms with van der Waals surface area (Å²) in [6.07, 6.45) is 1.12. The highest BCUT2D eigenvalue weighted by Gasteiger charge is 2.49. The van der Waals surface area contributed by atoms with Gasteiger partial charge in [0.05, 0.1) is 0 Å². The van der Waals surface area contributed by atoms with Crippen molar-refractivity contribution in [3.05, 3.63) is 35.4 Å². The first-order valence-electron chi connectivity index (χ1n) is 5.67. The Morgan fingerprint density at radius 3 is 1.80 bits per heavy atom. The lowest BCUT2D eigenvalue weighted by atomic mass is 9.76. The summed E-state index contributed by atoms with van der Waals surface area (Å²) in [5.74, 6) is 1.51. The van der Waals surface area contributed by atoms with Crippen LogP contribution in [0.2, 0.25) is 0 Å². The Morgan fingerprint density at radius 2 is 1.40 bits per heavy atom. The van der Waals surface area contributed by atoms with Crippen LogP contribution in [0.3, 0.4) is 0 Å². The largest absolute Gasteiger partial charge is 0.396 e. The van der Waals surface area contributed by atoms with Crippen LogP contribution in [0.1, 0.15) is 29.4 Å². The molecule has 1 saturated carbocycles. The van der Waals surface area contributed by atoms with Crippen molar-refractivity contribution in [2.45, 2.75) is 18.3 Å². The zero-order valence-corrected chi connectivity index (χ0v) is 8.63. The van der Waals surface area contributed by atoms with Crippen molar-refractivity contribution < 1.29 is 10.2 Å². The van der Waals surface area contributed by atoms with Crippen LogP contribution in [-0.2, 0) is 0 Å². The predicted octanol–water partition coefficient (Wildman–Crippen LogP) is 1.49. The van der Waals surface area contributed by atoms with E-state index >= 15 is 0 Å². The topological polar surface area (TPSA) is 40.5 Å². The molecule has 0 spiro atoms. The second kappa shape index (κ2) is 3.32. The third-order valence-electron chi connectivity index (χ3n) is 4.31. The first-order valence-corrected chi connectivity index (χ1v) is 5.67. The number of aliphatic hydroxyl groups is 2. The van der Waals surface area contributed by atoms with Gasteiger partial charge in [0, 0.05) is 13.2 Å². The fourth-order valence-electron chi connectivity index (χ4n) is 3.65. The summed E-state index contributed by atoms with van der Waals surface area (Å²) in [6.45, 7) is 0.418. The summed E-state index contributed by atoms with van der Waals surface area (Å²) in [5, 5.41) is 18.8. The lowest BCUT2D eigenvalue weighted by Crippen LogP contribution is -2.27. The highest BCUT2D eigenvalue weighted by Crippen LogP contribution is 2.58. The fourth-order valence-corrected chi connectivity index (χ4v) is 3.65. The summed E-state index contributed by atoms with van der Waals surface area (Å²) in [5.41, 5.74) is 2.82. The minimum absolute atomic E-state index is 0.209. The third kappa shape index (κ3) is 1.12. The molecule has 0 unspecified atom stereocenters. The van der Waals surface area contributed by atoms with Gasteiger partial charge in [0.25, 0.3) is 0 Å². The maximum atomic E-state index is 9.40. The number of benzene rings is 1. The van der Waals surface area contributed by atoms with Crippen LogP contribution in [0, 0.1) is 11.8 Å². The zero-order valence-electron chi connectivity index (χ0n) is 8.63. The molecule has 0 radical (unpaired) electrons. The van der Waals surface area contributed by atoms with E-state index in [1.165, 1.54) is 11.1 Å². The van der Waals surface area contributed by atoms with Gasteiger partial charge in [-0.05, 0) is 41.2 Å². The summed E-state index contributed by atoms with van der Waals surface area (Å²) in [4.78, 5) is 0. The molecule has 4 atom stereocenters. The number of fused-ring (bicyclic) bond motifs is 5. The third-order valence-corrected chi connectivity index (χ3v) is 4.31. The Kier molecular flexibility index (Phi) is 2.08. The molecule has 0 heterocycles. The average molecular weight is 204 g/mol. The predicted molar refractivity (Wildman–Crippen MR) is 57.7 cm³/mol. The van der Waals surface area contributed by atoms with Gasteiger partial charge in [0.15, 0.2) is 0 Å². The van der Waals surface area contributed by atoms with Crippen molar-refractivity contribution in [1.29, 1.82) is 0 Å². The zero-order chi connectivity index (χ0) is 10.4. The molecule has 2 bridgehead atoms. The summed E-state index contributed by atoms with van der Waals surface area (Å²) >= 11 is 0. The second-order valence-electron chi connectivity index (χ2n) is 4.77. The van der Waals surface area contributed by atoms with Gasteiger partial charge in [-0.25, -0.2) is 0 Å². The van der Waals surface area contributed by atoms with Crippen LogP contribution in [0.4, 0.5) is 0 Å². The SMILES string of the molecule is OC[C@@H]1[C@H](CO)[C@H]2C[C@@H]1c1ccccc12. The standard InChI is InChI=1S/C13H16O2/c14-6-12-10-5-11(13(12)7-15)9-4-2-1-3-8(9)10/h1-4,10-15H,5-7H2/t10-,11+,12+,13-. The Morgan fingerprint density at radius 1 is 0.933 bits per heavy atom. The Bertz CT molecular complexity index is 340. The lowest BCUT2D eigenvalue weighted by Gasteiger charge is -2.30. The van der Waals surface area contributed by atoms with Crippen LogP contribution in [0.5, 0.6) is 0 Å².